The van der Waals surface area contributed by atoms with E-state index in [4.69, 9.17) is 16.7 Å². The van der Waals surface area contributed by atoms with Crippen molar-refractivity contribution in [2.75, 3.05) is 13.2 Å². The fourth-order valence-corrected chi connectivity index (χ4v) is 6.95. The molecule has 4 bridgehead atoms. The fraction of sp³-hybridized carbons (Fsp3) is 0.720. The molecule has 0 heterocycles. The summed E-state index contributed by atoms with van der Waals surface area (Å²) in [6.45, 7) is 1.11. The number of carbonyl (C=O) groups is 1. The first-order valence-electron chi connectivity index (χ1n) is 11.7. The summed E-state index contributed by atoms with van der Waals surface area (Å²) in [6, 6.07) is 5.92. The van der Waals surface area contributed by atoms with Gasteiger partial charge >= 0.3 is 0 Å². The van der Waals surface area contributed by atoms with Crippen molar-refractivity contribution in [2.45, 2.75) is 77.0 Å². The van der Waals surface area contributed by atoms with Gasteiger partial charge in [0.2, 0.25) is 0 Å². The van der Waals surface area contributed by atoms with Gasteiger partial charge in [0.05, 0.1) is 10.6 Å². The number of aliphatic hydroxyl groups is 1. The van der Waals surface area contributed by atoms with E-state index in [2.05, 4.69) is 5.32 Å². The molecule has 1 aromatic rings. The highest BCUT2D eigenvalue weighted by atomic mass is 35.5. The first kappa shape index (κ1) is 21.2. The summed E-state index contributed by atoms with van der Waals surface area (Å²) in [7, 11) is 0. The Morgan fingerprint density at radius 2 is 1.62 bits per heavy atom. The van der Waals surface area contributed by atoms with E-state index in [1.54, 1.807) is 0 Å². The third kappa shape index (κ3) is 5.17. The smallest absolute Gasteiger partial charge is 0.252 e. The molecular weight excluding hydrogens is 382 g/mol. The number of aryl methyl sites for hydroxylation is 1. The van der Waals surface area contributed by atoms with E-state index in [-0.39, 0.29) is 5.91 Å². The molecule has 0 aliphatic heterocycles. The van der Waals surface area contributed by atoms with Crippen LogP contribution >= 0.6 is 11.6 Å². The van der Waals surface area contributed by atoms with Gasteiger partial charge in [-0.15, -0.1) is 0 Å². The van der Waals surface area contributed by atoms with E-state index in [1.165, 1.54) is 44.1 Å². The molecule has 1 amide bonds. The van der Waals surface area contributed by atoms with Crippen LogP contribution < -0.4 is 5.32 Å². The van der Waals surface area contributed by atoms with Crippen molar-refractivity contribution in [3.05, 3.63) is 34.3 Å². The van der Waals surface area contributed by atoms with Gasteiger partial charge in [-0.1, -0.05) is 36.9 Å². The molecule has 0 aromatic heterocycles. The first-order valence-corrected chi connectivity index (χ1v) is 12.1. The lowest BCUT2D eigenvalue weighted by atomic mass is 9.49. The average molecular weight is 418 g/mol. The average Bonchev–Trinajstić information content (AvgIpc) is 2.69. The number of rotatable bonds is 10. The van der Waals surface area contributed by atoms with E-state index < -0.39 is 0 Å². The Hall–Kier alpha value is -1.06. The highest BCUT2D eigenvalue weighted by Gasteiger charge is 2.50. The molecule has 4 fully saturated rings. The summed E-state index contributed by atoms with van der Waals surface area (Å²) in [6.07, 6.45) is 14.6. The van der Waals surface area contributed by atoms with Crippen LogP contribution in [0.4, 0.5) is 0 Å². The van der Waals surface area contributed by atoms with Crippen LogP contribution in [0, 0.1) is 23.2 Å². The normalized spacial score (nSPS) is 29.9. The molecule has 3 nitrogen and oxygen atoms in total. The van der Waals surface area contributed by atoms with Crippen LogP contribution in [0.2, 0.25) is 5.02 Å². The van der Waals surface area contributed by atoms with E-state index in [0.29, 0.717) is 22.6 Å². The maximum Gasteiger partial charge on any atom is 0.252 e. The lowest BCUT2D eigenvalue weighted by Gasteiger charge is -2.56. The highest BCUT2D eigenvalue weighted by Crippen LogP contribution is 2.59. The predicted octanol–water partition coefficient (Wildman–Crippen LogP) is 5.77. The van der Waals surface area contributed by atoms with Crippen molar-refractivity contribution in [1.29, 1.82) is 0 Å². The molecule has 0 radical (unpaired) electrons. The number of halogens is 1. The van der Waals surface area contributed by atoms with Gasteiger partial charge in [0.15, 0.2) is 0 Å². The number of hydrogen-bond acceptors (Lipinski definition) is 2. The fourth-order valence-electron chi connectivity index (χ4n) is 6.74. The molecule has 160 valence electrons. The Balaban J connectivity index is 1.30. The van der Waals surface area contributed by atoms with Crippen LogP contribution in [0.25, 0.3) is 0 Å². The van der Waals surface area contributed by atoms with Gasteiger partial charge in [0.1, 0.15) is 0 Å². The first-order chi connectivity index (χ1) is 14.1. The van der Waals surface area contributed by atoms with Crippen molar-refractivity contribution >= 4 is 17.5 Å². The van der Waals surface area contributed by atoms with Crippen molar-refractivity contribution in [3.8, 4) is 0 Å². The summed E-state index contributed by atoms with van der Waals surface area (Å²) < 4.78 is 0. The maximum atomic E-state index is 12.9. The number of carbonyl (C=O) groups excluding carboxylic acids is 1. The van der Waals surface area contributed by atoms with Crippen molar-refractivity contribution in [2.24, 2.45) is 23.2 Å². The Morgan fingerprint density at radius 1 is 1.00 bits per heavy atom. The number of unbranched alkanes of at least 4 members (excludes halogenated alkanes) is 4. The largest absolute Gasteiger partial charge is 0.396 e. The van der Waals surface area contributed by atoms with Crippen LogP contribution in [0.1, 0.15) is 86.6 Å². The minimum atomic E-state index is -0.00413. The van der Waals surface area contributed by atoms with Crippen molar-refractivity contribution in [3.63, 3.8) is 0 Å². The predicted molar refractivity (Wildman–Crippen MR) is 118 cm³/mol. The molecule has 0 atom stereocenters. The van der Waals surface area contributed by atoms with Crippen LogP contribution in [-0.4, -0.2) is 24.2 Å². The maximum absolute atomic E-state index is 12.9. The molecule has 0 spiro atoms. The highest BCUT2D eigenvalue weighted by molar-refractivity contribution is 6.33. The zero-order chi connectivity index (χ0) is 20.3. The topological polar surface area (TPSA) is 49.3 Å². The number of amides is 1. The van der Waals surface area contributed by atoms with Gasteiger partial charge in [0.25, 0.3) is 5.91 Å². The summed E-state index contributed by atoms with van der Waals surface area (Å²) in [5.41, 5.74) is 2.17. The molecule has 4 saturated carbocycles. The molecule has 2 N–H and O–H groups in total. The Kier molecular flexibility index (Phi) is 6.86. The zero-order valence-corrected chi connectivity index (χ0v) is 18.4. The molecule has 29 heavy (non-hydrogen) atoms. The molecule has 0 unspecified atom stereocenters. The van der Waals surface area contributed by atoms with Gasteiger partial charge in [-0.3, -0.25) is 4.79 Å². The van der Waals surface area contributed by atoms with Gasteiger partial charge in [0, 0.05) is 13.2 Å². The molecule has 0 saturated heterocycles. The number of benzene rings is 1. The Labute approximate surface area is 180 Å². The zero-order valence-electron chi connectivity index (χ0n) is 17.6. The van der Waals surface area contributed by atoms with Gasteiger partial charge in [-0.05, 0) is 98.7 Å². The van der Waals surface area contributed by atoms with Crippen LogP contribution in [0.15, 0.2) is 18.2 Å². The van der Waals surface area contributed by atoms with E-state index in [9.17, 15) is 4.79 Å². The summed E-state index contributed by atoms with van der Waals surface area (Å²) in [5, 5.41) is 12.7. The van der Waals surface area contributed by atoms with E-state index in [1.807, 2.05) is 18.2 Å². The minimum Gasteiger partial charge on any atom is -0.396 e. The van der Waals surface area contributed by atoms with E-state index in [0.717, 1.165) is 62.8 Å². The molecule has 4 aliphatic rings. The molecule has 5 rings (SSSR count). The standard InChI is InChI=1S/C25H36ClNO2/c26-23-8-7-18(6-4-2-1-3-5-9-28)13-22(23)24(29)27-17-25-14-19-10-20(15-25)12-21(11-19)16-25/h7-8,13,19-21,28H,1-6,9-12,14-17H2,(H,27,29). The lowest BCUT2D eigenvalue weighted by Crippen LogP contribution is -2.51. The second kappa shape index (κ2) is 9.39. The quantitative estimate of drug-likeness (QED) is 0.474. The van der Waals surface area contributed by atoms with Crippen LogP contribution in [0.5, 0.6) is 0 Å². The second-order valence-electron chi connectivity index (χ2n) is 10.2. The summed E-state index contributed by atoms with van der Waals surface area (Å²) in [4.78, 5) is 12.9. The van der Waals surface area contributed by atoms with Gasteiger partial charge in [-0.25, -0.2) is 0 Å². The summed E-state index contributed by atoms with van der Waals surface area (Å²) >= 11 is 6.38. The summed E-state index contributed by atoms with van der Waals surface area (Å²) in [5.74, 6) is 2.71. The number of aliphatic hydroxyl groups excluding tert-OH is 1. The van der Waals surface area contributed by atoms with Gasteiger partial charge in [-0.2, -0.15) is 0 Å². The van der Waals surface area contributed by atoms with Gasteiger partial charge < -0.3 is 10.4 Å². The minimum absolute atomic E-state index is 0.00413. The molecule has 4 heteroatoms. The van der Waals surface area contributed by atoms with Crippen LogP contribution in [-0.2, 0) is 6.42 Å². The molecule has 4 aliphatic carbocycles. The van der Waals surface area contributed by atoms with Crippen LogP contribution in [0.3, 0.4) is 0 Å². The third-order valence-corrected chi connectivity index (χ3v) is 8.02. The second-order valence-corrected chi connectivity index (χ2v) is 10.6. The molecular formula is C25H36ClNO2. The number of nitrogens with one attached hydrogen (secondary N) is 1. The van der Waals surface area contributed by atoms with Crippen molar-refractivity contribution < 1.29 is 9.90 Å². The Morgan fingerprint density at radius 3 is 2.28 bits per heavy atom. The lowest BCUT2D eigenvalue weighted by molar-refractivity contribution is -0.0503. The SMILES string of the molecule is O=C(NCC12CC3CC(CC(C3)C1)C2)c1cc(CCCCCCCO)ccc1Cl. The Bertz CT molecular complexity index is 681. The van der Waals surface area contributed by atoms with E-state index >= 15 is 0 Å². The van der Waals surface area contributed by atoms with Crippen molar-refractivity contribution in [1.82, 2.24) is 5.32 Å². The molecule has 1 aromatic carbocycles. The third-order valence-electron chi connectivity index (χ3n) is 7.69. The number of hydrogen-bond donors (Lipinski definition) is 2. The monoisotopic (exact) mass is 417 g/mol.